The number of amidine groups is 2. The molecule has 31 heavy (non-hydrogen) atoms. The predicted molar refractivity (Wildman–Crippen MR) is 135 cm³/mol. The second kappa shape index (κ2) is 10.7. The molecule has 0 radical (unpaired) electrons. The number of fused-ring (bicyclic) bond motifs is 1. The molecule has 0 amide bonds. The maximum atomic E-state index is 7.57. The number of benzene rings is 2. The molecule has 1 aromatic heterocycles. The maximum absolute atomic E-state index is 7.57. The quantitative estimate of drug-likeness (QED) is 0.207. The third-order valence-corrected chi connectivity index (χ3v) is 6.39. The van der Waals surface area contributed by atoms with E-state index >= 15 is 0 Å². The van der Waals surface area contributed by atoms with Crippen molar-refractivity contribution < 1.29 is 0 Å². The van der Waals surface area contributed by atoms with Crippen LogP contribution in [-0.4, -0.2) is 40.5 Å². The zero-order chi connectivity index (χ0) is 20.4. The molecule has 1 atom stereocenters. The van der Waals surface area contributed by atoms with Crippen LogP contribution in [-0.2, 0) is 0 Å². The van der Waals surface area contributed by atoms with Crippen molar-refractivity contribution in [1.29, 1.82) is 10.8 Å². The number of aromatic amines is 1. The minimum atomic E-state index is 0. The average molecular weight is 480 g/mol. The summed E-state index contributed by atoms with van der Waals surface area (Å²) in [5.41, 5.74) is 15.6. The van der Waals surface area contributed by atoms with Crippen molar-refractivity contribution in [3.05, 3.63) is 53.6 Å². The molecule has 2 heterocycles. The van der Waals surface area contributed by atoms with Crippen LogP contribution in [0.2, 0.25) is 0 Å². The van der Waals surface area contributed by atoms with Gasteiger partial charge in [-0.05, 0) is 61.2 Å². The van der Waals surface area contributed by atoms with Gasteiger partial charge in [0, 0.05) is 35.7 Å². The Hall–Kier alpha value is -2.42. The number of rotatable bonds is 6. The largest absolute Gasteiger partial charge is 0.384 e. The molecule has 7 nitrogen and oxygen atoms in total. The second-order valence-corrected chi connectivity index (χ2v) is 8.42. The highest BCUT2D eigenvalue weighted by Gasteiger charge is 2.21. The minimum absolute atomic E-state index is 0. The van der Waals surface area contributed by atoms with Crippen molar-refractivity contribution in [3.8, 4) is 0 Å². The molecule has 10 heteroatoms. The number of anilines is 1. The summed E-state index contributed by atoms with van der Waals surface area (Å²) in [5.74, 6) is 1.75. The van der Waals surface area contributed by atoms with Gasteiger partial charge >= 0.3 is 0 Å². The van der Waals surface area contributed by atoms with Gasteiger partial charge in [0.15, 0.2) is 5.16 Å². The number of nitrogens with zero attached hydrogens (tertiary/aromatic N) is 2. The molecule has 7 N–H and O–H groups in total. The standard InChI is InChI=1S/C21H25N7S.2ClH/c22-19(23)14-3-6-16(7-4-14)28-9-1-2-13(11-28)12-29-21-26-17-8-5-15(20(24)25)10-18(17)27-21;;/h3-8,10,13H,1-2,9,11-12H2,(H3,22,23)(H3,24,25)(H,26,27);2*1H. The zero-order valence-electron chi connectivity index (χ0n) is 16.9. The van der Waals surface area contributed by atoms with E-state index in [2.05, 4.69) is 27.0 Å². The van der Waals surface area contributed by atoms with Crippen molar-refractivity contribution in [3.63, 3.8) is 0 Å². The van der Waals surface area contributed by atoms with E-state index in [1.807, 2.05) is 30.3 Å². The van der Waals surface area contributed by atoms with Crippen molar-refractivity contribution in [2.24, 2.45) is 17.4 Å². The van der Waals surface area contributed by atoms with Gasteiger partial charge in [-0.2, -0.15) is 0 Å². The molecule has 1 aliphatic rings. The number of piperidine rings is 1. The van der Waals surface area contributed by atoms with E-state index in [-0.39, 0.29) is 36.5 Å². The molecular weight excluding hydrogens is 453 g/mol. The van der Waals surface area contributed by atoms with Crippen LogP contribution in [0.25, 0.3) is 11.0 Å². The lowest BCUT2D eigenvalue weighted by molar-refractivity contribution is 0.453. The molecular formula is C21H27Cl2N7S. The highest BCUT2D eigenvalue weighted by Crippen LogP contribution is 2.28. The second-order valence-electron chi connectivity index (χ2n) is 7.41. The zero-order valence-corrected chi connectivity index (χ0v) is 19.4. The minimum Gasteiger partial charge on any atom is -0.384 e. The van der Waals surface area contributed by atoms with Crippen LogP contribution in [0.1, 0.15) is 24.0 Å². The Morgan fingerprint density at radius 2 is 1.74 bits per heavy atom. The lowest BCUT2D eigenvalue weighted by atomic mass is 9.99. The molecule has 1 unspecified atom stereocenters. The number of hydrogen-bond acceptors (Lipinski definition) is 5. The van der Waals surface area contributed by atoms with Gasteiger partial charge in [0.05, 0.1) is 11.0 Å². The first-order chi connectivity index (χ1) is 14.0. The summed E-state index contributed by atoms with van der Waals surface area (Å²) >= 11 is 1.75. The van der Waals surface area contributed by atoms with E-state index in [0.29, 0.717) is 11.5 Å². The third-order valence-electron chi connectivity index (χ3n) is 5.29. The summed E-state index contributed by atoms with van der Waals surface area (Å²) in [6.07, 6.45) is 2.38. The predicted octanol–water partition coefficient (Wildman–Crippen LogP) is 3.98. The van der Waals surface area contributed by atoms with Gasteiger partial charge in [0.25, 0.3) is 0 Å². The van der Waals surface area contributed by atoms with Crippen LogP contribution < -0.4 is 16.4 Å². The normalized spacial score (nSPS) is 15.7. The number of nitrogen functional groups attached to an aromatic ring is 2. The van der Waals surface area contributed by atoms with Crippen molar-refractivity contribution in [2.45, 2.75) is 18.0 Å². The molecule has 4 rings (SSSR count). The van der Waals surface area contributed by atoms with E-state index in [1.54, 1.807) is 11.8 Å². The first-order valence-corrected chi connectivity index (χ1v) is 10.6. The maximum Gasteiger partial charge on any atom is 0.166 e. The number of halogens is 2. The van der Waals surface area contributed by atoms with Crippen LogP contribution in [0.4, 0.5) is 5.69 Å². The molecule has 0 aliphatic carbocycles. The molecule has 0 bridgehead atoms. The topological polar surface area (TPSA) is 132 Å². The van der Waals surface area contributed by atoms with Gasteiger partial charge in [0.1, 0.15) is 11.7 Å². The van der Waals surface area contributed by atoms with E-state index in [9.17, 15) is 0 Å². The molecule has 0 saturated carbocycles. The lowest BCUT2D eigenvalue weighted by Crippen LogP contribution is -2.36. The highest BCUT2D eigenvalue weighted by molar-refractivity contribution is 7.99. The van der Waals surface area contributed by atoms with Crippen LogP contribution in [0, 0.1) is 16.7 Å². The molecule has 166 valence electrons. The van der Waals surface area contributed by atoms with Crippen molar-refractivity contribution >= 4 is 65.0 Å². The fraction of sp³-hybridized carbons (Fsp3) is 0.286. The molecule has 3 aromatic rings. The van der Waals surface area contributed by atoms with E-state index in [4.69, 9.17) is 22.3 Å². The van der Waals surface area contributed by atoms with Gasteiger partial charge in [-0.15, -0.1) is 24.8 Å². The number of hydrogen-bond donors (Lipinski definition) is 5. The summed E-state index contributed by atoms with van der Waals surface area (Å²) in [6.45, 7) is 2.07. The van der Waals surface area contributed by atoms with E-state index in [0.717, 1.165) is 40.6 Å². The van der Waals surface area contributed by atoms with Crippen LogP contribution in [0.15, 0.2) is 47.6 Å². The van der Waals surface area contributed by atoms with Gasteiger partial charge in [-0.1, -0.05) is 11.8 Å². The Labute approximate surface area is 198 Å². The summed E-state index contributed by atoms with van der Waals surface area (Å²) in [4.78, 5) is 10.4. The highest BCUT2D eigenvalue weighted by atomic mass is 35.5. The van der Waals surface area contributed by atoms with Crippen LogP contribution >= 0.6 is 36.6 Å². The Morgan fingerprint density at radius 1 is 1.06 bits per heavy atom. The van der Waals surface area contributed by atoms with Gasteiger partial charge in [0.2, 0.25) is 0 Å². The van der Waals surface area contributed by atoms with Gasteiger partial charge in [-0.3, -0.25) is 10.8 Å². The number of aromatic nitrogens is 2. The van der Waals surface area contributed by atoms with Gasteiger partial charge < -0.3 is 21.4 Å². The average Bonchev–Trinajstić information content (AvgIpc) is 3.14. The SMILES string of the molecule is Cl.Cl.N=C(N)c1ccc(N2CCCC(CSc3nc4ccc(C(=N)N)cc4[nH]3)C2)cc1. The van der Waals surface area contributed by atoms with Crippen LogP contribution in [0.5, 0.6) is 0 Å². The molecule has 1 aliphatic heterocycles. The third kappa shape index (κ3) is 5.84. The smallest absolute Gasteiger partial charge is 0.166 e. The monoisotopic (exact) mass is 479 g/mol. The molecule has 2 aromatic carbocycles. The Balaban J connectivity index is 0.00000171. The number of nitrogens with two attached hydrogens (primary N) is 2. The summed E-state index contributed by atoms with van der Waals surface area (Å²) in [6, 6.07) is 13.5. The summed E-state index contributed by atoms with van der Waals surface area (Å²) in [5, 5.41) is 16.0. The fourth-order valence-corrected chi connectivity index (χ4v) is 4.72. The molecule has 0 spiro atoms. The lowest BCUT2D eigenvalue weighted by Gasteiger charge is -2.34. The molecule has 1 fully saturated rings. The van der Waals surface area contributed by atoms with E-state index < -0.39 is 0 Å². The number of H-pyrrole nitrogens is 1. The van der Waals surface area contributed by atoms with E-state index in [1.165, 1.54) is 18.5 Å². The summed E-state index contributed by atoms with van der Waals surface area (Å²) in [7, 11) is 0. The van der Waals surface area contributed by atoms with Crippen LogP contribution in [0.3, 0.4) is 0 Å². The number of thioether (sulfide) groups is 1. The number of nitrogens with one attached hydrogen (secondary N) is 3. The Kier molecular flexibility index (Phi) is 8.61. The number of imidazole rings is 1. The van der Waals surface area contributed by atoms with Gasteiger partial charge in [-0.25, -0.2) is 4.98 Å². The Morgan fingerprint density at radius 3 is 2.42 bits per heavy atom. The van der Waals surface area contributed by atoms with Crippen molar-refractivity contribution in [1.82, 2.24) is 9.97 Å². The fourth-order valence-electron chi connectivity index (χ4n) is 3.71. The van der Waals surface area contributed by atoms with Crippen molar-refractivity contribution in [2.75, 3.05) is 23.7 Å². The summed E-state index contributed by atoms with van der Waals surface area (Å²) < 4.78 is 0. The molecule has 1 saturated heterocycles. The first-order valence-electron chi connectivity index (χ1n) is 9.66. The Bertz CT molecular complexity index is 1050. The first kappa shape index (κ1) is 24.8.